The fourth-order valence-corrected chi connectivity index (χ4v) is 4.05. The molecule has 3 heterocycles. The van der Waals surface area contributed by atoms with Crippen LogP contribution in [0, 0.1) is 18.6 Å². The Morgan fingerprint density at radius 1 is 1.05 bits per heavy atom. The summed E-state index contributed by atoms with van der Waals surface area (Å²) >= 11 is 0. The molecule has 0 spiro atoms. The minimum absolute atomic E-state index is 0. The maximum absolute atomic E-state index is 13.5. The summed E-state index contributed by atoms with van der Waals surface area (Å²) in [5.74, 6) is -0.262. The molecule has 0 aliphatic carbocycles. The molecule has 0 atom stereocenters. The van der Waals surface area contributed by atoms with Crippen LogP contribution < -0.4 is 16.0 Å². The highest BCUT2D eigenvalue weighted by Crippen LogP contribution is 2.20. The van der Waals surface area contributed by atoms with Crippen LogP contribution in [0.15, 0.2) is 36.5 Å². The van der Waals surface area contributed by atoms with Gasteiger partial charge in [0.05, 0.1) is 31.1 Å². The first-order chi connectivity index (χ1) is 17.4. The lowest BCUT2D eigenvalue weighted by atomic mass is 10.2. The number of anilines is 3. The van der Waals surface area contributed by atoms with Gasteiger partial charge in [0.15, 0.2) is 5.82 Å². The molecular formula is C24H31ClF2N8O2. The lowest BCUT2D eigenvalue weighted by Gasteiger charge is -2.35. The van der Waals surface area contributed by atoms with E-state index in [2.05, 4.69) is 31.4 Å². The minimum Gasteiger partial charge on any atom is -0.394 e. The molecule has 200 valence electrons. The van der Waals surface area contributed by atoms with E-state index < -0.39 is 17.7 Å². The van der Waals surface area contributed by atoms with Crippen molar-refractivity contribution >= 4 is 35.9 Å². The molecule has 1 aromatic carbocycles. The van der Waals surface area contributed by atoms with Gasteiger partial charge in [0.25, 0.3) is 0 Å². The summed E-state index contributed by atoms with van der Waals surface area (Å²) in [6.07, 6.45) is 5.78. The number of rotatable bonds is 9. The van der Waals surface area contributed by atoms with Crippen LogP contribution in [0.4, 0.5) is 26.2 Å². The van der Waals surface area contributed by atoms with Gasteiger partial charge in [-0.3, -0.25) is 4.90 Å². The Balaban J connectivity index is 0.00000380. The number of aliphatic hydroxyl groups excluding tert-OH is 2. The van der Waals surface area contributed by atoms with Gasteiger partial charge < -0.3 is 26.2 Å². The lowest BCUT2D eigenvalue weighted by Crippen LogP contribution is -2.46. The van der Waals surface area contributed by atoms with E-state index in [1.807, 2.05) is 17.9 Å². The molecule has 1 aliphatic heterocycles. The molecule has 0 saturated carbocycles. The monoisotopic (exact) mass is 536 g/mol. The molecular weight excluding hydrogens is 506 g/mol. The van der Waals surface area contributed by atoms with Gasteiger partial charge in [-0.05, 0) is 19.1 Å². The van der Waals surface area contributed by atoms with Gasteiger partial charge in [0.2, 0.25) is 5.95 Å². The molecule has 1 saturated heterocycles. The lowest BCUT2D eigenvalue weighted by molar-refractivity contribution is 0.203. The van der Waals surface area contributed by atoms with E-state index in [-0.39, 0.29) is 31.6 Å². The molecule has 1 aliphatic rings. The van der Waals surface area contributed by atoms with Crippen molar-refractivity contribution in [2.75, 3.05) is 61.9 Å². The van der Waals surface area contributed by atoms with Gasteiger partial charge in [-0.15, -0.1) is 12.4 Å². The molecule has 4 rings (SSSR count). The number of aliphatic hydroxyl groups is 2. The van der Waals surface area contributed by atoms with Crippen molar-refractivity contribution < 1.29 is 19.0 Å². The van der Waals surface area contributed by atoms with Gasteiger partial charge in [0.1, 0.15) is 17.5 Å². The van der Waals surface area contributed by atoms with Crippen LogP contribution in [0.3, 0.4) is 0 Å². The number of nitrogens with zero attached hydrogens (tertiary/aromatic N) is 6. The Bertz CT molecular complexity index is 1190. The van der Waals surface area contributed by atoms with E-state index in [4.69, 9.17) is 5.73 Å². The molecule has 10 nitrogen and oxygen atoms in total. The summed E-state index contributed by atoms with van der Waals surface area (Å²) in [5, 5.41) is 25.9. The van der Waals surface area contributed by atoms with Crippen LogP contribution in [0.1, 0.15) is 11.3 Å². The molecule has 1 fully saturated rings. The molecule has 5 N–H and O–H groups in total. The van der Waals surface area contributed by atoms with E-state index in [0.29, 0.717) is 30.4 Å². The Morgan fingerprint density at radius 2 is 1.73 bits per heavy atom. The normalized spacial score (nSPS) is 14.4. The number of nitrogens with two attached hydrogens (primary N) is 1. The molecule has 2 aromatic heterocycles. The van der Waals surface area contributed by atoms with Crippen molar-refractivity contribution in [1.29, 1.82) is 0 Å². The first kappa shape index (κ1) is 28.3. The molecule has 0 radical (unpaired) electrons. The Labute approximate surface area is 219 Å². The minimum atomic E-state index is -0.568. The Kier molecular flexibility index (Phi) is 9.75. The van der Waals surface area contributed by atoms with Crippen molar-refractivity contribution in [3.63, 3.8) is 0 Å². The van der Waals surface area contributed by atoms with E-state index in [9.17, 15) is 19.0 Å². The standard InChI is InChI=1S/C24H30F2N8O2.ClH/c1-16-17(13-28-34(16)23-12-22(30-24(27)31-23)29-20(14-35)15-36)3-2-4-32-5-7-33(8-6-32)21-10-18(25)9-19(26)11-21;/h2-3,9-13,20,35-36H,4-8,14-15H2,1H3,(H3,27,29,30,31);1H. The van der Waals surface area contributed by atoms with E-state index >= 15 is 0 Å². The third-order valence-electron chi connectivity index (χ3n) is 6.03. The van der Waals surface area contributed by atoms with Gasteiger partial charge >= 0.3 is 0 Å². The number of piperazine rings is 1. The number of hydrogen-bond acceptors (Lipinski definition) is 9. The van der Waals surface area contributed by atoms with E-state index in [0.717, 1.165) is 37.0 Å². The summed E-state index contributed by atoms with van der Waals surface area (Å²) in [6.45, 7) is 5.05. The van der Waals surface area contributed by atoms with Crippen LogP contribution in [0.25, 0.3) is 11.9 Å². The number of benzene rings is 1. The number of nitrogen functional groups attached to an aromatic ring is 1. The van der Waals surface area contributed by atoms with Gasteiger partial charge in [-0.25, -0.2) is 13.5 Å². The highest BCUT2D eigenvalue weighted by Gasteiger charge is 2.18. The average molecular weight is 537 g/mol. The number of hydrogen-bond donors (Lipinski definition) is 4. The zero-order valence-corrected chi connectivity index (χ0v) is 21.2. The highest BCUT2D eigenvalue weighted by molar-refractivity contribution is 5.85. The predicted octanol–water partition coefficient (Wildman–Crippen LogP) is 1.85. The van der Waals surface area contributed by atoms with Crippen molar-refractivity contribution in [1.82, 2.24) is 24.6 Å². The number of nitrogens with one attached hydrogen (secondary N) is 1. The third kappa shape index (κ3) is 7.13. The SMILES string of the molecule is Cc1c(C=CCN2CCN(c3cc(F)cc(F)c3)CC2)cnn1-c1cc(NC(CO)CO)nc(N)n1.Cl. The average Bonchev–Trinajstić information content (AvgIpc) is 3.22. The second-order valence-electron chi connectivity index (χ2n) is 8.59. The summed E-state index contributed by atoms with van der Waals surface area (Å²) in [6, 6.07) is 4.68. The fraction of sp³-hybridized carbons (Fsp3) is 0.375. The maximum Gasteiger partial charge on any atom is 0.224 e. The van der Waals surface area contributed by atoms with E-state index in [1.54, 1.807) is 16.9 Å². The molecule has 0 bridgehead atoms. The zero-order chi connectivity index (χ0) is 25.7. The highest BCUT2D eigenvalue weighted by atomic mass is 35.5. The second kappa shape index (κ2) is 12.8. The van der Waals surface area contributed by atoms with Crippen molar-refractivity contribution in [2.45, 2.75) is 13.0 Å². The number of aromatic nitrogens is 4. The van der Waals surface area contributed by atoms with Crippen LogP contribution in [0.2, 0.25) is 0 Å². The van der Waals surface area contributed by atoms with Gasteiger partial charge in [-0.2, -0.15) is 15.1 Å². The second-order valence-corrected chi connectivity index (χ2v) is 8.59. The van der Waals surface area contributed by atoms with Crippen molar-refractivity contribution in [3.05, 3.63) is 59.4 Å². The van der Waals surface area contributed by atoms with Crippen LogP contribution in [-0.2, 0) is 0 Å². The molecule has 0 amide bonds. The smallest absolute Gasteiger partial charge is 0.224 e. The molecule has 0 unspecified atom stereocenters. The summed E-state index contributed by atoms with van der Waals surface area (Å²) in [5.41, 5.74) is 8.19. The van der Waals surface area contributed by atoms with Gasteiger partial charge in [-0.1, -0.05) is 12.2 Å². The Hall–Kier alpha value is -3.32. The fourth-order valence-electron chi connectivity index (χ4n) is 4.05. The summed E-state index contributed by atoms with van der Waals surface area (Å²) < 4.78 is 28.7. The number of halogens is 3. The third-order valence-corrected chi connectivity index (χ3v) is 6.03. The molecule has 37 heavy (non-hydrogen) atoms. The largest absolute Gasteiger partial charge is 0.394 e. The predicted molar refractivity (Wildman–Crippen MR) is 141 cm³/mol. The van der Waals surface area contributed by atoms with Crippen molar-refractivity contribution in [3.8, 4) is 5.82 Å². The van der Waals surface area contributed by atoms with Gasteiger partial charge in [0, 0.05) is 56.1 Å². The Morgan fingerprint density at radius 3 is 2.38 bits per heavy atom. The van der Waals surface area contributed by atoms with Crippen LogP contribution in [0.5, 0.6) is 0 Å². The zero-order valence-electron chi connectivity index (χ0n) is 20.4. The van der Waals surface area contributed by atoms with Crippen LogP contribution >= 0.6 is 12.4 Å². The van der Waals surface area contributed by atoms with Crippen LogP contribution in [-0.4, -0.2) is 86.8 Å². The van der Waals surface area contributed by atoms with Crippen molar-refractivity contribution in [2.24, 2.45) is 0 Å². The first-order valence-corrected chi connectivity index (χ1v) is 11.6. The quantitative estimate of drug-likeness (QED) is 0.324. The summed E-state index contributed by atoms with van der Waals surface area (Å²) in [4.78, 5) is 12.6. The maximum atomic E-state index is 13.5. The topological polar surface area (TPSA) is 129 Å². The summed E-state index contributed by atoms with van der Waals surface area (Å²) in [7, 11) is 0. The molecule has 13 heteroatoms. The first-order valence-electron chi connectivity index (χ1n) is 11.6. The van der Waals surface area contributed by atoms with E-state index in [1.165, 1.54) is 12.1 Å². The molecule has 3 aromatic rings.